The van der Waals surface area contributed by atoms with E-state index in [1.165, 1.54) is 11.3 Å². The average Bonchev–Trinajstić information content (AvgIpc) is 2.88. The van der Waals surface area contributed by atoms with Crippen molar-refractivity contribution < 1.29 is 0 Å². The van der Waals surface area contributed by atoms with Gasteiger partial charge >= 0.3 is 0 Å². The second kappa shape index (κ2) is 7.48. The van der Waals surface area contributed by atoms with Crippen LogP contribution in [0.15, 0.2) is 46.9 Å². The number of rotatable bonds is 7. The second-order valence-corrected chi connectivity index (χ2v) is 5.77. The van der Waals surface area contributed by atoms with Crippen molar-refractivity contribution in [2.45, 2.75) is 18.0 Å². The SMILES string of the molecule is c1ccc(SCCCNCc2cccs2)nc1. The molecule has 2 aromatic heterocycles. The van der Waals surface area contributed by atoms with Crippen LogP contribution in [0.25, 0.3) is 0 Å². The van der Waals surface area contributed by atoms with Gasteiger partial charge in [0.2, 0.25) is 0 Å². The Labute approximate surface area is 110 Å². The highest BCUT2D eigenvalue weighted by molar-refractivity contribution is 7.99. The Bertz CT molecular complexity index is 401. The molecule has 17 heavy (non-hydrogen) atoms. The lowest BCUT2D eigenvalue weighted by atomic mass is 10.4. The fourth-order valence-electron chi connectivity index (χ4n) is 1.43. The van der Waals surface area contributed by atoms with Crippen LogP contribution in [0.1, 0.15) is 11.3 Å². The topological polar surface area (TPSA) is 24.9 Å². The van der Waals surface area contributed by atoms with E-state index in [1.807, 2.05) is 30.1 Å². The lowest BCUT2D eigenvalue weighted by Crippen LogP contribution is -2.14. The molecule has 0 saturated heterocycles. The minimum Gasteiger partial charge on any atom is -0.312 e. The molecule has 0 bridgehead atoms. The first-order chi connectivity index (χ1) is 8.45. The van der Waals surface area contributed by atoms with Gasteiger partial charge in [0.05, 0.1) is 5.03 Å². The molecule has 0 aliphatic rings. The molecule has 2 rings (SSSR count). The molecular formula is C13H16N2S2. The Balaban J connectivity index is 1.52. The van der Waals surface area contributed by atoms with E-state index in [0.29, 0.717) is 0 Å². The maximum absolute atomic E-state index is 4.28. The first-order valence-corrected chi connectivity index (χ1v) is 7.58. The number of thioether (sulfide) groups is 1. The maximum atomic E-state index is 4.28. The first kappa shape index (κ1) is 12.6. The van der Waals surface area contributed by atoms with E-state index in [9.17, 15) is 0 Å². The molecule has 4 heteroatoms. The number of nitrogens with zero attached hydrogens (tertiary/aromatic N) is 1. The highest BCUT2D eigenvalue weighted by Crippen LogP contribution is 2.14. The minimum atomic E-state index is 0.992. The van der Waals surface area contributed by atoms with Gasteiger partial charge < -0.3 is 5.32 Å². The molecule has 0 aliphatic carbocycles. The molecule has 0 fully saturated rings. The fraction of sp³-hybridized carbons (Fsp3) is 0.308. The molecule has 0 atom stereocenters. The summed E-state index contributed by atoms with van der Waals surface area (Å²) in [5, 5.41) is 6.69. The number of pyridine rings is 1. The van der Waals surface area contributed by atoms with E-state index < -0.39 is 0 Å². The summed E-state index contributed by atoms with van der Waals surface area (Å²) < 4.78 is 0. The average molecular weight is 264 g/mol. The number of hydrogen-bond donors (Lipinski definition) is 1. The van der Waals surface area contributed by atoms with Crippen molar-refractivity contribution in [2.75, 3.05) is 12.3 Å². The monoisotopic (exact) mass is 264 g/mol. The van der Waals surface area contributed by atoms with Gasteiger partial charge in [0, 0.05) is 23.4 Å². The Morgan fingerprint density at radius 1 is 1.24 bits per heavy atom. The van der Waals surface area contributed by atoms with Gasteiger partial charge in [-0.15, -0.1) is 23.1 Å². The Hall–Kier alpha value is -0.840. The normalized spacial score (nSPS) is 10.6. The van der Waals surface area contributed by atoms with Crippen LogP contribution in [0.5, 0.6) is 0 Å². The third kappa shape index (κ3) is 4.89. The van der Waals surface area contributed by atoms with Gasteiger partial charge in [0.15, 0.2) is 0 Å². The van der Waals surface area contributed by atoms with E-state index in [2.05, 4.69) is 33.9 Å². The van der Waals surface area contributed by atoms with Crippen LogP contribution in [0.2, 0.25) is 0 Å². The molecular weight excluding hydrogens is 248 g/mol. The van der Waals surface area contributed by atoms with Crippen molar-refractivity contribution in [1.29, 1.82) is 0 Å². The number of thiophene rings is 1. The largest absolute Gasteiger partial charge is 0.312 e. The first-order valence-electron chi connectivity index (χ1n) is 5.72. The minimum absolute atomic E-state index is 0.992. The highest BCUT2D eigenvalue weighted by atomic mass is 32.2. The summed E-state index contributed by atoms with van der Waals surface area (Å²) in [5.74, 6) is 1.12. The van der Waals surface area contributed by atoms with Crippen molar-refractivity contribution in [2.24, 2.45) is 0 Å². The summed E-state index contributed by atoms with van der Waals surface area (Å²) in [5.41, 5.74) is 0. The van der Waals surface area contributed by atoms with E-state index in [4.69, 9.17) is 0 Å². The Kier molecular flexibility index (Phi) is 5.55. The Morgan fingerprint density at radius 3 is 3.00 bits per heavy atom. The number of aromatic nitrogens is 1. The van der Waals surface area contributed by atoms with Crippen LogP contribution < -0.4 is 5.32 Å². The summed E-state index contributed by atoms with van der Waals surface area (Å²) in [4.78, 5) is 5.69. The molecule has 0 spiro atoms. The number of hydrogen-bond acceptors (Lipinski definition) is 4. The van der Waals surface area contributed by atoms with Crippen LogP contribution in [0, 0.1) is 0 Å². The van der Waals surface area contributed by atoms with Crippen molar-refractivity contribution in [3.63, 3.8) is 0 Å². The number of nitrogens with one attached hydrogen (secondary N) is 1. The molecule has 2 heterocycles. The molecule has 2 aromatic rings. The highest BCUT2D eigenvalue weighted by Gasteiger charge is 1.95. The molecule has 0 amide bonds. The lowest BCUT2D eigenvalue weighted by molar-refractivity contribution is 0.685. The summed E-state index contributed by atoms with van der Waals surface area (Å²) in [7, 11) is 0. The third-order valence-electron chi connectivity index (χ3n) is 2.26. The summed E-state index contributed by atoms with van der Waals surface area (Å²) in [6.07, 6.45) is 3.02. The van der Waals surface area contributed by atoms with Crippen LogP contribution >= 0.6 is 23.1 Å². The zero-order valence-corrected chi connectivity index (χ0v) is 11.3. The predicted octanol–water partition coefficient (Wildman–Crippen LogP) is 3.42. The van der Waals surface area contributed by atoms with Gasteiger partial charge in [-0.3, -0.25) is 0 Å². The Morgan fingerprint density at radius 2 is 2.24 bits per heavy atom. The molecule has 2 nitrogen and oxygen atoms in total. The van der Waals surface area contributed by atoms with Gasteiger partial charge in [-0.05, 0) is 36.5 Å². The molecule has 1 N–H and O–H groups in total. The zero-order valence-electron chi connectivity index (χ0n) is 9.63. The van der Waals surface area contributed by atoms with Crippen LogP contribution in [-0.4, -0.2) is 17.3 Å². The van der Waals surface area contributed by atoms with E-state index in [1.54, 1.807) is 11.3 Å². The van der Waals surface area contributed by atoms with Gasteiger partial charge in [-0.2, -0.15) is 0 Å². The third-order valence-corrected chi connectivity index (χ3v) is 4.17. The van der Waals surface area contributed by atoms with Crippen LogP contribution in [-0.2, 0) is 6.54 Å². The molecule has 0 radical (unpaired) electrons. The molecule has 0 unspecified atom stereocenters. The quantitative estimate of drug-likeness (QED) is 0.613. The van der Waals surface area contributed by atoms with E-state index >= 15 is 0 Å². The molecule has 0 aromatic carbocycles. The maximum Gasteiger partial charge on any atom is 0.0959 e. The predicted molar refractivity (Wildman–Crippen MR) is 75.6 cm³/mol. The van der Waals surface area contributed by atoms with Gasteiger partial charge in [-0.25, -0.2) is 4.98 Å². The van der Waals surface area contributed by atoms with Crippen LogP contribution in [0.3, 0.4) is 0 Å². The van der Waals surface area contributed by atoms with Gasteiger partial charge in [0.1, 0.15) is 0 Å². The van der Waals surface area contributed by atoms with Gasteiger partial charge in [0.25, 0.3) is 0 Å². The fourth-order valence-corrected chi connectivity index (χ4v) is 2.91. The van der Waals surface area contributed by atoms with Crippen molar-refractivity contribution in [3.8, 4) is 0 Å². The zero-order chi connectivity index (χ0) is 11.8. The van der Waals surface area contributed by atoms with Crippen molar-refractivity contribution >= 4 is 23.1 Å². The second-order valence-electron chi connectivity index (χ2n) is 3.63. The van der Waals surface area contributed by atoms with E-state index in [0.717, 1.165) is 23.9 Å². The summed E-state index contributed by atoms with van der Waals surface area (Å²) >= 11 is 3.63. The summed E-state index contributed by atoms with van der Waals surface area (Å²) in [6, 6.07) is 10.3. The van der Waals surface area contributed by atoms with Gasteiger partial charge in [-0.1, -0.05) is 12.1 Å². The molecule has 0 saturated carbocycles. The molecule has 0 aliphatic heterocycles. The van der Waals surface area contributed by atoms with Crippen molar-refractivity contribution in [3.05, 3.63) is 46.8 Å². The standard InChI is InChI=1S/C13H16N2S2/c1-2-8-15-13(6-1)17-10-4-7-14-11-12-5-3-9-16-12/h1-3,5-6,8-9,14H,4,7,10-11H2. The van der Waals surface area contributed by atoms with E-state index in [-0.39, 0.29) is 0 Å². The van der Waals surface area contributed by atoms with Crippen LogP contribution in [0.4, 0.5) is 0 Å². The smallest absolute Gasteiger partial charge is 0.0959 e. The molecule has 90 valence electrons. The summed E-state index contributed by atoms with van der Waals surface area (Å²) in [6.45, 7) is 2.06. The van der Waals surface area contributed by atoms with Crippen molar-refractivity contribution in [1.82, 2.24) is 10.3 Å². The lowest BCUT2D eigenvalue weighted by Gasteiger charge is -2.03.